The number of carbonyl (C=O) groups is 2. The van der Waals surface area contributed by atoms with Crippen molar-refractivity contribution in [3.05, 3.63) is 0 Å². The van der Waals surface area contributed by atoms with E-state index in [9.17, 15) is 9.59 Å². The Bertz CT molecular complexity index is 316. The standard InChI is InChI=1S/C13H24N2O4/c1-9(12(16)17)8-15(3)13(18)14-10(2)11-4-6-19-7-5-11/h9-11H,4-8H2,1-3H3,(H,14,18)(H,16,17). The van der Waals surface area contributed by atoms with Gasteiger partial charge in [0.15, 0.2) is 0 Å². The number of hydrogen-bond acceptors (Lipinski definition) is 3. The molecule has 0 aliphatic carbocycles. The van der Waals surface area contributed by atoms with E-state index in [4.69, 9.17) is 9.84 Å². The molecule has 0 bridgehead atoms. The highest BCUT2D eigenvalue weighted by Gasteiger charge is 2.24. The first-order chi connectivity index (χ1) is 8.91. The molecule has 1 heterocycles. The molecule has 0 aromatic heterocycles. The van der Waals surface area contributed by atoms with Gasteiger partial charge >= 0.3 is 12.0 Å². The third kappa shape index (κ3) is 5.06. The molecule has 0 aromatic rings. The normalized spacial score (nSPS) is 19.5. The van der Waals surface area contributed by atoms with Gasteiger partial charge in [-0.2, -0.15) is 0 Å². The van der Waals surface area contributed by atoms with E-state index in [1.165, 1.54) is 4.90 Å². The van der Waals surface area contributed by atoms with Gasteiger partial charge in [-0.1, -0.05) is 6.92 Å². The Morgan fingerprint density at radius 1 is 1.37 bits per heavy atom. The van der Waals surface area contributed by atoms with Crippen LogP contribution in [0.1, 0.15) is 26.7 Å². The number of urea groups is 1. The average Bonchev–Trinajstić information content (AvgIpc) is 2.39. The molecule has 1 saturated heterocycles. The van der Waals surface area contributed by atoms with Crippen molar-refractivity contribution in [3.8, 4) is 0 Å². The van der Waals surface area contributed by atoms with Crippen LogP contribution in [0.25, 0.3) is 0 Å². The summed E-state index contributed by atoms with van der Waals surface area (Å²) in [5.41, 5.74) is 0. The summed E-state index contributed by atoms with van der Waals surface area (Å²) in [6, 6.07) is -0.133. The van der Waals surface area contributed by atoms with Crippen LogP contribution in [0.5, 0.6) is 0 Å². The number of amides is 2. The summed E-state index contributed by atoms with van der Waals surface area (Å²) < 4.78 is 5.29. The van der Waals surface area contributed by atoms with Crippen LogP contribution in [0.2, 0.25) is 0 Å². The van der Waals surface area contributed by atoms with Crippen LogP contribution >= 0.6 is 0 Å². The summed E-state index contributed by atoms with van der Waals surface area (Å²) >= 11 is 0. The summed E-state index contributed by atoms with van der Waals surface area (Å²) in [7, 11) is 1.62. The quantitative estimate of drug-likeness (QED) is 0.787. The lowest BCUT2D eigenvalue weighted by Crippen LogP contribution is -2.47. The third-order valence-corrected chi connectivity index (χ3v) is 3.64. The van der Waals surface area contributed by atoms with Gasteiger partial charge in [0.2, 0.25) is 0 Å². The number of carbonyl (C=O) groups excluding carboxylic acids is 1. The van der Waals surface area contributed by atoms with Crippen LogP contribution in [0.4, 0.5) is 4.79 Å². The van der Waals surface area contributed by atoms with Crippen molar-refractivity contribution in [2.24, 2.45) is 11.8 Å². The Balaban J connectivity index is 2.38. The minimum Gasteiger partial charge on any atom is -0.481 e. The van der Waals surface area contributed by atoms with E-state index < -0.39 is 11.9 Å². The lowest BCUT2D eigenvalue weighted by molar-refractivity contribution is -0.141. The van der Waals surface area contributed by atoms with Crippen molar-refractivity contribution in [1.82, 2.24) is 10.2 Å². The number of carboxylic acid groups (broad SMARTS) is 1. The Morgan fingerprint density at radius 3 is 2.47 bits per heavy atom. The molecule has 0 saturated carbocycles. The minimum absolute atomic E-state index is 0.0824. The Kier molecular flexibility index (Phi) is 6.08. The van der Waals surface area contributed by atoms with Crippen molar-refractivity contribution in [2.75, 3.05) is 26.8 Å². The highest BCUT2D eigenvalue weighted by molar-refractivity contribution is 5.75. The highest BCUT2D eigenvalue weighted by Crippen LogP contribution is 2.18. The van der Waals surface area contributed by atoms with Crippen molar-refractivity contribution < 1.29 is 19.4 Å². The lowest BCUT2D eigenvalue weighted by Gasteiger charge is -2.30. The van der Waals surface area contributed by atoms with Gasteiger partial charge in [-0.3, -0.25) is 4.79 Å². The van der Waals surface area contributed by atoms with Crippen molar-refractivity contribution in [2.45, 2.75) is 32.7 Å². The number of ether oxygens (including phenoxy) is 1. The fourth-order valence-corrected chi connectivity index (χ4v) is 2.21. The molecule has 110 valence electrons. The first-order valence-corrected chi connectivity index (χ1v) is 6.74. The van der Waals surface area contributed by atoms with E-state index in [1.807, 2.05) is 6.92 Å². The molecule has 0 radical (unpaired) electrons. The summed E-state index contributed by atoms with van der Waals surface area (Å²) in [6.07, 6.45) is 1.91. The largest absolute Gasteiger partial charge is 0.481 e. The van der Waals surface area contributed by atoms with Gasteiger partial charge in [-0.15, -0.1) is 0 Å². The fourth-order valence-electron chi connectivity index (χ4n) is 2.21. The predicted octanol–water partition coefficient (Wildman–Crippen LogP) is 1.16. The van der Waals surface area contributed by atoms with Gasteiger partial charge in [-0.25, -0.2) is 4.79 Å². The zero-order valence-corrected chi connectivity index (χ0v) is 11.9. The Morgan fingerprint density at radius 2 is 1.95 bits per heavy atom. The van der Waals surface area contributed by atoms with Gasteiger partial charge in [0, 0.05) is 32.8 Å². The van der Waals surface area contributed by atoms with E-state index in [2.05, 4.69) is 5.32 Å². The van der Waals surface area contributed by atoms with Crippen LogP contribution in [0.15, 0.2) is 0 Å². The molecule has 6 nitrogen and oxygen atoms in total. The van der Waals surface area contributed by atoms with Crippen molar-refractivity contribution >= 4 is 12.0 Å². The number of carboxylic acids is 1. The van der Waals surface area contributed by atoms with Gasteiger partial charge in [-0.05, 0) is 25.7 Å². The second-order valence-corrected chi connectivity index (χ2v) is 5.31. The second-order valence-electron chi connectivity index (χ2n) is 5.31. The SMILES string of the molecule is CC(CN(C)C(=O)NC(C)C1CCOCC1)C(=O)O. The molecule has 19 heavy (non-hydrogen) atoms. The molecule has 1 aliphatic rings. The average molecular weight is 272 g/mol. The van der Waals surface area contributed by atoms with Crippen LogP contribution in [-0.4, -0.2) is 54.9 Å². The van der Waals surface area contributed by atoms with E-state index in [0.717, 1.165) is 26.1 Å². The number of nitrogens with zero attached hydrogens (tertiary/aromatic N) is 1. The third-order valence-electron chi connectivity index (χ3n) is 3.64. The number of rotatable bonds is 5. The van der Waals surface area contributed by atoms with Crippen molar-refractivity contribution in [1.29, 1.82) is 0 Å². The maximum atomic E-state index is 11.9. The molecule has 2 unspecified atom stereocenters. The molecule has 1 fully saturated rings. The molecule has 2 atom stereocenters. The smallest absolute Gasteiger partial charge is 0.317 e. The van der Waals surface area contributed by atoms with E-state index >= 15 is 0 Å². The van der Waals surface area contributed by atoms with Gasteiger partial charge in [0.1, 0.15) is 0 Å². The molecule has 2 amide bonds. The Hall–Kier alpha value is -1.30. The first-order valence-electron chi connectivity index (χ1n) is 6.74. The molecular weight excluding hydrogens is 248 g/mol. The zero-order chi connectivity index (χ0) is 14.4. The van der Waals surface area contributed by atoms with Crippen LogP contribution in [0, 0.1) is 11.8 Å². The lowest BCUT2D eigenvalue weighted by atomic mass is 9.93. The Labute approximate surface area is 114 Å². The molecule has 6 heteroatoms. The van der Waals surface area contributed by atoms with E-state index in [-0.39, 0.29) is 18.6 Å². The van der Waals surface area contributed by atoms with Gasteiger partial charge < -0.3 is 20.1 Å². The molecule has 0 aromatic carbocycles. The molecular formula is C13H24N2O4. The maximum Gasteiger partial charge on any atom is 0.317 e. The monoisotopic (exact) mass is 272 g/mol. The van der Waals surface area contributed by atoms with Crippen LogP contribution < -0.4 is 5.32 Å². The van der Waals surface area contributed by atoms with E-state index in [1.54, 1.807) is 14.0 Å². The highest BCUT2D eigenvalue weighted by atomic mass is 16.5. The molecule has 2 N–H and O–H groups in total. The summed E-state index contributed by atoms with van der Waals surface area (Å²) in [5.74, 6) is -1.02. The summed E-state index contributed by atoms with van der Waals surface area (Å²) in [4.78, 5) is 24.1. The first kappa shape index (κ1) is 15.8. The maximum absolute atomic E-state index is 11.9. The van der Waals surface area contributed by atoms with Crippen molar-refractivity contribution in [3.63, 3.8) is 0 Å². The second kappa shape index (κ2) is 7.33. The number of hydrogen-bond donors (Lipinski definition) is 2. The zero-order valence-electron chi connectivity index (χ0n) is 11.9. The summed E-state index contributed by atoms with van der Waals surface area (Å²) in [6.45, 7) is 5.28. The molecule has 0 spiro atoms. The summed E-state index contributed by atoms with van der Waals surface area (Å²) in [5, 5.41) is 11.8. The van der Waals surface area contributed by atoms with Crippen LogP contribution in [-0.2, 0) is 9.53 Å². The molecule has 1 aliphatic heterocycles. The van der Waals surface area contributed by atoms with Gasteiger partial charge in [0.25, 0.3) is 0 Å². The minimum atomic E-state index is -0.892. The number of nitrogens with one attached hydrogen (secondary N) is 1. The predicted molar refractivity (Wildman–Crippen MR) is 71.0 cm³/mol. The number of aliphatic carboxylic acids is 1. The fraction of sp³-hybridized carbons (Fsp3) is 0.846. The topological polar surface area (TPSA) is 78.9 Å². The molecule has 1 rings (SSSR count). The van der Waals surface area contributed by atoms with E-state index in [0.29, 0.717) is 5.92 Å². The van der Waals surface area contributed by atoms with Gasteiger partial charge in [0.05, 0.1) is 5.92 Å². The van der Waals surface area contributed by atoms with Crippen LogP contribution in [0.3, 0.4) is 0 Å².